The maximum absolute atomic E-state index is 13.0. The number of benzene rings is 2. The number of aromatic nitrogens is 2. The van der Waals surface area contributed by atoms with Gasteiger partial charge in [-0.2, -0.15) is 18.3 Å². The zero-order chi connectivity index (χ0) is 25.4. The van der Waals surface area contributed by atoms with Gasteiger partial charge < -0.3 is 5.73 Å². The van der Waals surface area contributed by atoms with Crippen LogP contribution < -0.4 is 5.73 Å². The molecule has 2 unspecified atom stereocenters. The fraction of sp³-hybridized carbons (Fsp3) is 0.407. The Bertz CT molecular complexity index is 1190. The number of aryl methyl sites for hydroxylation is 3. The minimum Gasteiger partial charge on any atom is -0.368 e. The molecule has 1 aliphatic rings. The summed E-state index contributed by atoms with van der Waals surface area (Å²) >= 11 is 0. The molecule has 1 amide bonds. The number of carbonyl (C=O) groups excluding carboxylic acids is 1. The lowest BCUT2D eigenvalue weighted by atomic mass is 9.82. The van der Waals surface area contributed by atoms with E-state index < -0.39 is 23.2 Å². The van der Waals surface area contributed by atoms with E-state index in [1.54, 1.807) is 0 Å². The molecule has 3 aromatic rings. The van der Waals surface area contributed by atoms with Crippen LogP contribution in [0.25, 0.3) is 0 Å². The molecular weight excluding hydrogens is 453 g/mol. The summed E-state index contributed by atoms with van der Waals surface area (Å²) in [6, 6.07) is 14.6. The predicted octanol–water partition coefficient (Wildman–Crippen LogP) is 5.16. The van der Waals surface area contributed by atoms with Gasteiger partial charge in [-0.05, 0) is 56.9 Å². The first-order chi connectivity index (χ1) is 16.6. The van der Waals surface area contributed by atoms with Crippen molar-refractivity contribution in [1.82, 2.24) is 14.7 Å². The second-order valence-corrected chi connectivity index (χ2v) is 9.26. The summed E-state index contributed by atoms with van der Waals surface area (Å²) < 4.78 is 41.0. The molecular formula is C27H31F3N4O. The number of rotatable bonds is 7. The average Bonchev–Trinajstić information content (AvgIpc) is 3.18. The molecule has 2 N–H and O–H groups in total. The van der Waals surface area contributed by atoms with Crippen molar-refractivity contribution < 1.29 is 18.0 Å². The topological polar surface area (TPSA) is 64.2 Å². The second-order valence-electron chi connectivity index (χ2n) is 9.26. The molecule has 0 spiro atoms. The lowest BCUT2D eigenvalue weighted by Crippen LogP contribution is -2.56. The Morgan fingerprint density at radius 2 is 1.74 bits per heavy atom. The molecule has 186 valence electrons. The molecule has 2 aromatic carbocycles. The van der Waals surface area contributed by atoms with Crippen LogP contribution in [-0.4, -0.2) is 27.1 Å². The van der Waals surface area contributed by atoms with Crippen LogP contribution in [-0.2, 0) is 35.9 Å². The van der Waals surface area contributed by atoms with Crippen LogP contribution in [0.3, 0.4) is 0 Å². The van der Waals surface area contributed by atoms with Crippen LogP contribution >= 0.6 is 0 Å². The summed E-state index contributed by atoms with van der Waals surface area (Å²) in [6.07, 6.45) is -2.46. The Morgan fingerprint density at radius 1 is 1.09 bits per heavy atom. The van der Waals surface area contributed by atoms with Crippen LogP contribution in [0.15, 0.2) is 54.6 Å². The SMILES string of the molecule is CCn1nc(C)c2c1CCN(C(C)(C(N)=O)c1ccccc1)C2CCc1ccc(C(F)(F)F)cc1. The monoisotopic (exact) mass is 484 g/mol. The highest BCUT2D eigenvalue weighted by Crippen LogP contribution is 2.43. The van der Waals surface area contributed by atoms with Crippen LogP contribution in [0.2, 0.25) is 0 Å². The Balaban J connectivity index is 1.73. The predicted molar refractivity (Wildman–Crippen MR) is 129 cm³/mol. The van der Waals surface area contributed by atoms with E-state index in [0.29, 0.717) is 19.4 Å². The number of nitrogens with zero attached hydrogens (tertiary/aromatic N) is 3. The van der Waals surface area contributed by atoms with E-state index in [9.17, 15) is 18.0 Å². The molecule has 4 rings (SSSR count). The van der Waals surface area contributed by atoms with E-state index in [0.717, 1.165) is 53.2 Å². The molecule has 0 bridgehead atoms. The summed E-state index contributed by atoms with van der Waals surface area (Å²) in [5, 5.41) is 4.74. The van der Waals surface area contributed by atoms with Gasteiger partial charge in [0.25, 0.3) is 0 Å². The number of halogens is 3. The van der Waals surface area contributed by atoms with Gasteiger partial charge in [0.15, 0.2) is 0 Å². The lowest BCUT2D eigenvalue weighted by Gasteiger charge is -2.47. The minimum atomic E-state index is -4.36. The summed E-state index contributed by atoms with van der Waals surface area (Å²) in [5.74, 6) is -0.438. The summed E-state index contributed by atoms with van der Waals surface area (Å²) in [7, 11) is 0. The zero-order valence-corrected chi connectivity index (χ0v) is 20.3. The standard InChI is InChI=1S/C27H31F3N4O/c1-4-34-23-16-17-33(26(3,25(31)35)20-8-6-5-7-9-20)22(24(23)18(2)32-34)15-12-19-10-13-21(14-11-19)27(28,29)30/h5-11,13-14,22H,4,12,15-17H2,1-3H3,(H2,31,35). The number of fused-ring (bicyclic) bond motifs is 1. The molecule has 5 nitrogen and oxygen atoms in total. The van der Waals surface area contributed by atoms with E-state index in [1.807, 2.05) is 55.8 Å². The highest BCUT2D eigenvalue weighted by molar-refractivity contribution is 5.86. The molecule has 1 aliphatic heterocycles. The van der Waals surface area contributed by atoms with Crippen molar-refractivity contribution in [3.05, 3.63) is 88.2 Å². The van der Waals surface area contributed by atoms with Crippen molar-refractivity contribution in [1.29, 1.82) is 0 Å². The highest BCUT2D eigenvalue weighted by Gasteiger charge is 2.46. The molecule has 1 aromatic heterocycles. The van der Waals surface area contributed by atoms with E-state index in [4.69, 9.17) is 10.8 Å². The third-order valence-corrected chi connectivity index (χ3v) is 7.26. The van der Waals surface area contributed by atoms with Gasteiger partial charge in [0.1, 0.15) is 5.54 Å². The van der Waals surface area contributed by atoms with Crippen molar-refractivity contribution in [2.24, 2.45) is 5.73 Å². The van der Waals surface area contributed by atoms with Gasteiger partial charge in [-0.15, -0.1) is 0 Å². The van der Waals surface area contributed by atoms with Gasteiger partial charge in [-0.3, -0.25) is 14.4 Å². The average molecular weight is 485 g/mol. The summed E-state index contributed by atoms with van der Waals surface area (Å²) in [5.41, 5.74) is 9.11. The van der Waals surface area contributed by atoms with E-state index in [1.165, 1.54) is 12.1 Å². The third-order valence-electron chi connectivity index (χ3n) is 7.26. The third kappa shape index (κ3) is 4.59. The number of alkyl halides is 3. The molecule has 35 heavy (non-hydrogen) atoms. The van der Waals surface area contributed by atoms with Gasteiger partial charge in [-0.25, -0.2) is 0 Å². The van der Waals surface area contributed by atoms with E-state index in [-0.39, 0.29) is 6.04 Å². The molecule has 0 radical (unpaired) electrons. The molecule has 2 atom stereocenters. The Morgan fingerprint density at radius 3 is 2.31 bits per heavy atom. The lowest BCUT2D eigenvalue weighted by molar-refractivity contribution is -0.137. The molecule has 0 saturated carbocycles. The second kappa shape index (κ2) is 9.49. The Labute approximate surface area is 203 Å². The summed E-state index contributed by atoms with van der Waals surface area (Å²) in [6.45, 7) is 7.25. The van der Waals surface area contributed by atoms with Crippen molar-refractivity contribution >= 4 is 5.91 Å². The fourth-order valence-electron chi connectivity index (χ4n) is 5.35. The number of hydrogen-bond donors (Lipinski definition) is 1. The first-order valence-corrected chi connectivity index (χ1v) is 11.9. The van der Waals surface area contributed by atoms with Gasteiger partial charge in [0, 0.05) is 36.8 Å². The number of amides is 1. The Kier molecular flexibility index (Phi) is 6.77. The van der Waals surface area contributed by atoms with Crippen LogP contribution in [0, 0.1) is 6.92 Å². The van der Waals surface area contributed by atoms with E-state index >= 15 is 0 Å². The van der Waals surface area contributed by atoms with Crippen molar-refractivity contribution in [3.63, 3.8) is 0 Å². The van der Waals surface area contributed by atoms with Gasteiger partial charge in [-0.1, -0.05) is 42.5 Å². The van der Waals surface area contributed by atoms with Gasteiger partial charge in [0.05, 0.1) is 11.3 Å². The largest absolute Gasteiger partial charge is 0.416 e. The van der Waals surface area contributed by atoms with Crippen molar-refractivity contribution in [3.8, 4) is 0 Å². The molecule has 0 saturated heterocycles. The Hall–Kier alpha value is -3.13. The molecule has 0 aliphatic carbocycles. The number of hydrogen-bond acceptors (Lipinski definition) is 3. The molecule has 8 heteroatoms. The number of primary amides is 1. The fourth-order valence-corrected chi connectivity index (χ4v) is 5.35. The minimum absolute atomic E-state index is 0.168. The van der Waals surface area contributed by atoms with Crippen molar-refractivity contribution in [2.45, 2.75) is 64.3 Å². The maximum Gasteiger partial charge on any atom is 0.416 e. The van der Waals surface area contributed by atoms with Crippen LogP contribution in [0.1, 0.15) is 60.0 Å². The summed E-state index contributed by atoms with van der Waals surface area (Å²) in [4.78, 5) is 15.1. The van der Waals surface area contributed by atoms with E-state index in [2.05, 4.69) is 4.90 Å². The zero-order valence-electron chi connectivity index (χ0n) is 20.3. The van der Waals surface area contributed by atoms with Crippen molar-refractivity contribution in [2.75, 3.05) is 6.54 Å². The first-order valence-electron chi connectivity index (χ1n) is 11.9. The first kappa shape index (κ1) is 25.0. The van der Waals surface area contributed by atoms with Crippen LogP contribution in [0.4, 0.5) is 13.2 Å². The maximum atomic E-state index is 13.0. The van der Waals surface area contributed by atoms with Crippen LogP contribution in [0.5, 0.6) is 0 Å². The molecule has 2 heterocycles. The smallest absolute Gasteiger partial charge is 0.368 e. The molecule has 0 fully saturated rings. The quantitative estimate of drug-likeness (QED) is 0.504. The normalized spacial score (nSPS) is 18.2. The number of nitrogens with two attached hydrogens (primary N) is 1. The van der Waals surface area contributed by atoms with Gasteiger partial charge >= 0.3 is 6.18 Å². The highest BCUT2D eigenvalue weighted by atomic mass is 19.4. The number of carbonyl (C=O) groups is 1. The van der Waals surface area contributed by atoms with Gasteiger partial charge in [0.2, 0.25) is 5.91 Å².